The average molecular weight is 1860 g/mol. The first-order valence-corrected chi connectivity index (χ1v) is 50.5. The fourth-order valence-electron chi connectivity index (χ4n) is 23.5. The quantitative estimate of drug-likeness (QED) is 0.0552. The SMILES string of the molecule is CC(=O)N1CC[C@H]2CC(N(C)c3ncnc4[nH]ccc34)C[C@@]2(C)C1.CCC1C[C@H]2CCN(C(=O)OC(C)(C)C)C[C@H]2C1.CN(Cc1ccccc1)C1C[C@H]2CC(=O)NC[C@H]2C1.CN(Cc1ccccc1)C1C[C@H]2CCN(C(=O)OC(C)(C)C)C[C@H]2C1.CN(Cc1ccccc1)C1C[C@H]2CCNC[C@H]2C1.CNCc1ccccc1.Clc1ncnc2[nH]ccc12.O=C1C[C@@H]2CNC(=O)C[C@@H]2C1. The van der Waals surface area contributed by atoms with Crippen LogP contribution in [-0.2, 0) is 54.8 Å². The molecule has 4 aromatic heterocycles. The normalized spacial score (nSPS) is 27.6. The number of aromatic amines is 2. The van der Waals surface area contributed by atoms with Gasteiger partial charge in [0.05, 0.1) is 10.8 Å². The molecular formula is C108H156ClN17O8. The molecule has 12 fully saturated rings. The van der Waals surface area contributed by atoms with Crippen molar-refractivity contribution in [1.29, 1.82) is 0 Å². The predicted octanol–water partition coefficient (Wildman–Crippen LogP) is 17.9. The highest BCUT2D eigenvalue weighted by Crippen LogP contribution is 2.51. The predicted molar refractivity (Wildman–Crippen MR) is 534 cm³/mol. The maximum absolute atomic E-state index is 12.4. The van der Waals surface area contributed by atoms with Gasteiger partial charge in [0.2, 0.25) is 17.7 Å². The van der Waals surface area contributed by atoms with Crippen molar-refractivity contribution in [3.63, 3.8) is 0 Å². The number of amides is 5. The Morgan fingerprint density at radius 3 is 1.45 bits per heavy atom. The fourth-order valence-corrected chi connectivity index (χ4v) is 23.7. The Morgan fingerprint density at radius 2 is 0.933 bits per heavy atom. The van der Waals surface area contributed by atoms with Crippen LogP contribution in [0.3, 0.4) is 0 Å². The van der Waals surface area contributed by atoms with Crippen LogP contribution in [0.5, 0.6) is 0 Å². The van der Waals surface area contributed by atoms with Crippen LogP contribution < -0.4 is 26.2 Å². The molecular weight excluding hydrogens is 1700 g/mol. The summed E-state index contributed by atoms with van der Waals surface area (Å²) in [7, 11) is 10.8. The highest BCUT2D eigenvalue weighted by Gasteiger charge is 2.50. The van der Waals surface area contributed by atoms with Crippen molar-refractivity contribution in [3.05, 3.63) is 186 Å². The van der Waals surface area contributed by atoms with Crippen LogP contribution in [0.4, 0.5) is 15.4 Å². The monoisotopic (exact) mass is 1850 g/mol. The van der Waals surface area contributed by atoms with Crippen molar-refractivity contribution in [2.75, 3.05) is 106 Å². The van der Waals surface area contributed by atoms with E-state index in [-0.39, 0.29) is 40.9 Å². The Labute approximate surface area is 803 Å². The van der Waals surface area contributed by atoms with Crippen molar-refractivity contribution in [3.8, 4) is 0 Å². The molecule has 8 aromatic rings. The third kappa shape index (κ3) is 29.1. The van der Waals surface area contributed by atoms with Gasteiger partial charge < -0.3 is 60.3 Å². The second-order valence-corrected chi connectivity index (χ2v) is 43.3. The molecule has 4 aromatic carbocycles. The zero-order valence-corrected chi connectivity index (χ0v) is 83.4. The van der Waals surface area contributed by atoms with E-state index in [2.05, 4.69) is 216 Å². The Hall–Kier alpha value is -9.37. The molecule has 6 saturated heterocycles. The van der Waals surface area contributed by atoms with Gasteiger partial charge in [-0.05, 0) is 284 Å². The number of piperidine rings is 6. The number of anilines is 1. The number of halogens is 1. The molecule has 6 N–H and O–H groups in total. The second kappa shape index (κ2) is 48.1. The van der Waals surface area contributed by atoms with Crippen LogP contribution >= 0.6 is 11.6 Å². The molecule has 17 atom stereocenters. The summed E-state index contributed by atoms with van der Waals surface area (Å²) in [6, 6.07) is 48.9. The van der Waals surface area contributed by atoms with E-state index in [1.165, 1.54) is 119 Å². The summed E-state index contributed by atoms with van der Waals surface area (Å²) in [5, 5.41) is 14.9. The molecule has 5 unspecified atom stereocenters. The summed E-state index contributed by atoms with van der Waals surface area (Å²) >= 11 is 5.73. The number of ketones is 1. The molecule has 20 rings (SSSR count). The van der Waals surface area contributed by atoms with E-state index in [0.29, 0.717) is 83.8 Å². The molecule has 134 heavy (non-hydrogen) atoms. The first-order chi connectivity index (χ1) is 64.3. The van der Waals surface area contributed by atoms with E-state index in [1.54, 1.807) is 19.4 Å². The van der Waals surface area contributed by atoms with E-state index in [1.807, 2.05) is 99.8 Å². The standard InChI is InChI=1S/C21H32N2O2.C18H25N5O.C16H22N2O.C16H24N2.C15H27NO2.C8H11NO2.C8H11N.C6H4ClN3/c1-21(2,3)25-20(24)23-11-10-17-12-19(13-18(17)15-23)22(4)14-16-8-6-5-7-9-16;1-12(24)23-7-5-13-8-14(9-18(13,2)10-23)22(3)17-15-4-6-19-16(15)20-11-21-17;1-18(11-12-5-3-2-4-6-12)15-7-13-9-16(19)17-10-14(13)8-15;1-18(12-13-5-3-2-4-6-13)16-9-14-7-8-17-11-15(14)10-16;1-5-11-8-12-6-7-16(10-13(12)9-11)14(17)18-15(2,3)4;10-7-1-5-3-8(11)9-4-6(5)2-7;1-9-7-8-5-3-2-4-6-8;7-5-4-1-2-8-6(4)10-3-9-5/h5-9,17-19H,10-15H2,1-4H3;4,6,11,13-14H,5,7-10H2,1-3H3,(H,19,20,21);2-6,13-15H,7-11H2,1H3,(H,17,19);2-6,14-17H,7-12H2,1H3;11-13H,5-10H2,1-4H3;5-6H,1-4H2,(H,9,11);2-6,9H,7H2,1H3;1-3H,(H,8,9,10)/t17-,18-,19?;13-,14?,18-;13-,14+,15?;14-,15-,16?;11?,12-,13-;5-,6+;;/m100110../s1. The molecule has 728 valence electrons. The molecule has 12 aliphatic rings. The van der Waals surface area contributed by atoms with Gasteiger partial charge in [0, 0.05) is 155 Å². The van der Waals surface area contributed by atoms with Crippen LogP contribution in [0.2, 0.25) is 5.15 Å². The number of nitrogens with zero attached hydrogens (tertiary/aromatic N) is 11. The number of rotatable bonds is 14. The molecule has 6 saturated carbocycles. The lowest BCUT2D eigenvalue weighted by atomic mass is 9.75. The summed E-state index contributed by atoms with van der Waals surface area (Å²) in [6.45, 7) is 31.3. The highest BCUT2D eigenvalue weighted by atomic mass is 35.5. The Balaban J connectivity index is 0.000000132. The number of ether oxygens (including phenoxy) is 2. The van der Waals surface area contributed by atoms with Gasteiger partial charge in [0.15, 0.2) is 0 Å². The van der Waals surface area contributed by atoms with Gasteiger partial charge in [-0.15, -0.1) is 0 Å². The number of hydrogen-bond donors (Lipinski definition) is 6. The maximum atomic E-state index is 12.4. The molecule has 0 bridgehead atoms. The number of aromatic nitrogens is 6. The number of carbonyl (C=O) groups excluding carboxylic acids is 6. The van der Waals surface area contributed by atoms with Crippen molar-refractivity contribution >= 4 is 75.2 Å². The summed E-state index contributed by atoms with van der Waals surface area (Å²) in [4.78, 5) is 108. The molecule has 6 aliphatic carbocycles. The van der Waals surface area contributed by atoms with E-state index in [4.69, 9.17) is 21.1 Å². The van der Waals surface area contributed by atoms with Crippen LogP contribution in [0.1, 0.15) is 207 Å². The van der Waals surface area contributed by atoms with Gasteiger partial charge in [0.1, 0.15) is 51.9 Å². The fraction of sp³-hybridized carbons (Fsp3) is 0.611. The summed E-state index contributed by atoms with van der Waals surface area (Å²) < 4.78 is 11.0. The molecule has 0 radical (unpaired) electrons. The largest absolute Gasteiger partial charge is 0.444 e. The first kappa shape index (κ1) is 102. The van der Waals surface area contributed by atoms with Crippen LogP contribution in [0.15, 0.2) is 159 Å². The van der Waals surface area contributed by atoms with Gasteiger partial charge in [-0.3, -0.25) is 33.9 Å². The van der Waals surface area contributed by atoms with Gasteiger partial charge >= 0.3 is 12.2 Å². The third-order valence-corrected chi connectivity index (χ3v) is 31.2. The molecule has 26 heteroatoms. The van der Waals surface area contributed by atoms with E-state index < -0.39 is 5.60 Å². The van der Waals surface area contributed by atoms with Crippen molar-refractivity contribution in [1.82, 2.24) is 80.6 Å². The third-order valence-electron chi connectivity index (χ3n) is 30.9. The zero-order valence-electron chi connectivity index (χ0n) is 82.6. The van der Waals surface area contributed by atoms with Gasteiger partial charge in [0.25, 0.3) is 0 Å². The first-order valence-electron chi connectivity index (χ1n) is 50.1. The molecule has 25 nitrogen and oxygen atoms in total. The number of likely N-dealkylation sites (tertiary alicyclic amines) is 3. The van der Waals surface area contributed by atoms with Crippen molar-refractivity contribution in [2.45, 2.75) is 246 Å². The van der Waals surface area contributed by atoms with Gasteiger partial charge in [-0.2, -0.15) is 0 Å². The van der Waals surface area contributed by atoms with Crippen molar-refractivity contribution in [2.24, 2.45) is 76.4 Å². The number of nitrogens with one attached hydrogen (secondary N) is 6. The molecule has 10 heterocycles. The number of fused-ring (bicyclic) bond motifs is 8. The van der Waals surface area contributed by atoms with E-state index in [9.17, 15) is 28.8 Å². The van der Waals surface area contributed by atoms with Crippen molar-refractivity contribution < 1.29 is 38.2 Å². The summed E-state index contributed by atoms with van der Waals surface area (Å²) in [6.07, 6.45) is 27.8. The summed E-state index contributed by atoms with van der Waals surface area (Å²) in [5.74, 6) is 10.4. The number of Topliss-reactive ketones (excluding diaryl/α,β-unsaturated/α-hetero) is 1. The number of benzene rings is 4. The number of hydrogen-bond acceptors (Lipinski definition) is 18. The van der Waals surface area contributed by atoms with E-state index >= 15 is 0 Å². The van der Waals surface area contributed by atoms with Gasteiger partial charge in [-0.25, -0.2) is 29.5 Å². The topological polar surface area (TPSA) is 275 Å². The minimum absolute atomic E-state index is 0.112. The lowest BCUT2D eigenvalue weighted by Crippen LogP contribution is -2.46. The van der Waals surface area contributed by atoms with Crippen LogP contribution in [0.25, 0.3) is 22.1 Å². The lowest BCUT2D eigenvalue weighted by Gasteiger charge is -2.42. The second-order valence-electron chi connectivity index (χ2n) is 43.0. The average Bonchev–Trinajstić information content (AvgIpc) is 1.61. The smallest absolute Gasteiger partial charge is 0.410 e. The van der Waals surface area contributed by atoms with Gasteiger partial charge in [-0.1, -0.05) is 153 Å². The lowest BCUT2D eigenvalue weighted by molar-refractivity contribution is -0.133. The highest BCUT2D eigenvalue weighted by molar-refractivity contribution is 6.33. The van der Waals surface area contributed by atoms with Crippen LogP contribution in [-0.4, -0.2) is 231 Å². The Bertz CT molecular complexity index is 5000. The Morgan fingerprint density at radius 1 is 0.493 bits per heavy atom. The number of carbonyl (C=O) groups is 6. The zero-order chi connectivity index (χ0) is 95.2. The molecule has 5 amide bonds. The number of H-pyrrole nitrogens is 2. The minimum Gasteiger partial charge on any atom is -0.444 e. The van der Waals surface area contributed by atoms with E-state index in [0.717, 1.165) is 174 Å². The Kier molecular flexibility index (Phi) is 36.6. The summed E-state index contributed by atoms with van der Waals surface area (Å²) in [5.41, 5.74) is 6.60. The minimum atomic E-state index is -0.415. The molecule has 6 aliphatic heterocycles. The molecule has 0 spiro atoms. The van der Waals surface area contributed by atoms with Crippen LogP contribution in [0, 0.1) is 76.4 Å². The maximum Gasteiger partial charge on any atom is 0.410 e.